The van der Waals surface area contributed by atoms with Crippen LogP contribution in [0.5, 0.6) is 5.75 Å². The van der Waals surface area contributed by atoms with Gasteiger partial charge in [-0.25, -0.2) is 13.2 Å². The van der Waals surface area contributed by atoms with Crippen molar-refractivity contribution in [1.82, 2.24) is 4.31 Å². The van der Waals surface area contributed by atoms with Crippen molar-refractivity contribution in [1.29, 1.82) is 0 Å². The van der Waals surface area contributed by atoms with Gasteiger partial charge in [0.2, 0.25) is 10.0 Å². The highest BCUT2D eigenvalue weighted by Gasteiger charge is 2.27. The SMILES string of the molecule is COc1ccc(COC(=O)c2cccc(S(=O)(=O)N3CCCC3)c2)cc1Br. The Morgan fingerprint density at radius 3 is 2.56 bits per heavy atom. The van der Waals surface area contributed by atoms with E-state index in [2.05, 4.69) is 15.9 Å². The van der Waals surface area contributed by atoms with Crippen molar-refractivity contribution in [3.63, 3.8) is 0 Å². The molecule has 1 saturated heterocycles. The van der Waals surface area contributed by atoms with Crippen LogP contribution in [0.3, 0.4) is 0 Å². The van der Waals surface area contributed by atoms with Crippen LogP contribution < -0.4 is 4.74 Å². The molecule has 0 saturated carbocycles. The molecular formula is C19H20BrNO5S. The van der Waals surface area contributed by atoms with Gasteiger partial charge in [0.1, 0.15) is 12.4 Å². The van der Waals surface area contributed by atoms with Gasteiger partial charge < -0.3 is 9.47 Å². The zero-order valence-electron chi connectivity index (χ0n) is 14.9. The van der Waals surface area contributed by atoms with Gasteiger partial charge in [-0.2, -0.15) is 4.31 Å². The zero-order chi connectivity index (χ0) is 19.4. The summed E-state index contributed by atoms with van der Waals surface area (Å²) in [6.45, 7) is 1.11. The van der Waals surface area contributed by atoms with Crippen LogP contribution in [-0.4, -0.2) is 38.9 Å². The molecule has 0 N–H and O–H groups in total. The Kier molecular flexibility index (Phi) is 6.18. The number of hydrogen-bond donors (Lipinski definition) is 0. The Balaban J connectivity index is 1.71. The number of methoxy groups -OCH3 is 1. The first-order valence-corrected chi connectivity index (χ1v) is 10.7. The maximum Gasteiger partial charge on any atom is 0.338 e. The smallest absolute Gasteiger partial charge is 0.338 e. The van der Waals surface area contributed by atoms with E-state index in [0.717, 1.165) is 22.9 Å². The van der Waals surface area contributed by atoms with Crippen molar-refractivity contribution in [2.75, 3.05) is 20.2 Å². The second kappa shape index (κ2) is 8.41. The highest BCUT2D eigenvalue weighted by molar-refractivity contribution is 9.10. The lowest BCUT2D eigenvalue weighted by atomic mass is 10.2. The Bertz CT molecular complexity index is 939. The van der Waals surface area contributed by atoms with Crippen LogP contribution in [0.4, 0.5) is 0 Å². The first-order chi connectivity index (χ1) is 12.9. The Morgan fingerprint density at radius 1 is 1.15 bits per heavy atom. The second-order valence-corrected chi connectivity index (χ2v) is 8.98. The molecule has 0 atom stereocenters. The zero-order valence-corrected chi connectivity index (χ0v) is 17.3. The van der Waals surface area contributed by atoms with Gasteiger partial charge >= 0.3 is 5.97 Å². The van der Waals surface area contributed by atoms with Gasteiger partial charge in [0, 0.05) is 13.1 Å². The molecule has 0 radical (unpaired) electrons. The maximum absolute atomic E-state index is 12.6. The second-order valence-electron chi connectivity index (χ2n) is 6.18. The molecule has 1 fully saturated rings. The molecule has 2 aromatic rings. The summed E-state index contributed by atoms with van der Waals surface area (Å²) in [7, 11) is -2.00. The van der Waals surface area contributed by atoms with Crippen LogP contribution in [0, 0.1) is 0 Å². The van der Waals surface area contributed by atoms with Gasteiger partial charge in [-0.1, -0.05) is 12.1 Å². The van der Waals surface area contributed by atoms with Gasteiger partial charge in [-0.05, 0) is 64.7 Å². The number of benzene rings is 2. The summed E-state index contributed by atoms with van der Waals surface area (Å²) in [6, 6.07) is 11.4. The average molecular weight is 454 g/mol. The minimum atomic E-state index is -3.57. The van der Waals surface area contributed by atoms with Crippen molar-refractivity contribution >= 4 is 31.9 Å². The predicted molar refractivity (Wildman–Crippen MR) is 104 cm³/mol. The molecule has 2 aromatic carbocycles. The fourth-order valence-electron chi connectivity index (χ4n) is 2.89. The van der Waals surface area contributed by atoms with E-state index in [-0.39, 0.29) is 17.1 Å². The molecule has 0 amide bonds. The van der Waals surface area contributed by atoms with Crippen molar-refractivity contribution < 1.29 is 22.7 Å². The number of hydrogen-bond acceptors (Lipinski definition) is 5. The summed E-state index contributed by atoms with van der Waals surface area (Å²) in [4.78, 5) is 12.5. The molecule has 1 aliphatic rings. The summed E-state index contributed by atoms with van der Waals surface area (Å²) >= 11 is 3.39. The van der Waals surface area contributed by atoms with Crippen molar-refractivity contribution in [3.05, 3.63) is 58.1 Å². The number of nitrogens with zero attached hydrogens (tertiary/aromatic N) is 1. The molecule has 0 spiro atoms. The molecule has 1 heterocycles. The van der Waals surface area contributed by atoms with Crippen molar-refractivity contribution in [2.24, 2.45) is 0 Å². The lowest BCUT2D eigenvalue weighted by molar-refractivity contribution is 0.0472. The quantitative estimate of drug-likeness (QED) is 0.624. The van der Waals surface area contributed by atoms with E-state index in [1.807, 2.05) is 0 Å². The number of rotatable bonds is 6. The van der Waals surface area contributed by atoms with Crippen LogP contribution in [0.25, 0.3) is 0 Å². The first kappa shape index (κ1) is 19.9. The number of carbonyl (C=O) groups is 1. The fourth-order valence-corrected chi connectivity index (χ4v) is 5.04. The molecule has 1 aliphatic heterocycles. The van der Waals surface area contributed by atoms with Gasteiger partial charge in [-0.3, -0.25) is 0 Å². The molecule has 144 valence electrons. The van der Waals surface area contributed by atoms with Crippen molar-refractivity contribution in [2.45, 2.75) is 24.3 Å². The average Bonchev–Trinajstić information content (AvgIpc) is 3.22. The molecule has 27 heavy (non-hydrogen) atoms. The van der Waals surface area contributed by atoms with E-state index in [1.54, 1.807) is 37.4 Å². The fraction of sp³-hybridized carbons (Fsp3) is 0.316. The normalized spacial score (nSPS) is 14.9. The largest absolute Gasteiger partial charge is 0.496 e. The minimum Gasteiger partial charge on any atom is -0.496 e. The highest BCUT2D eigenvalue weighted by atomic mass is 79.9. The van der Waals surface area contributed by atoms with E-state index in [1.165, 1.54) is 16.4 Å². The molecule has 8 heteroatoms. The van der Waals surface area contributed by atoms with E-state index in [9.17, 15) is 13.2 Å². The summed E-state index contributed by atoms with van der Waals surface area (Å²) in [5.41, 5.74) is 1.000. The van der Waals surface area contributed by atoms with Crippen LogP contribution in [0.15, 0.2) is 51.8 Å². The maximum atomic E-state index is 12.6. The molecule has 0 unspecified atom stereocenters. The minimum absolute atomic E-state index is 0.0739. The monoisotopic (exact) mass is 453 g/mol. The third-order valence-electron chi connectivity index (χ3n) is 4.36. The molecular weight excluding hydrogens is 434 g/mol. The summed E-state index contributed by atoms with van der Waals surface area (Å²) in [6.07, 6.45) is 1.72. The molecule has 0 bridgehead atoms. The molecule has 0 aromatic heterocycles. The van der Waals surface area contributed by atoms with E-state index >= 15 is 0 Å². The van der Waals surface area contributed by atoms with Gasteiger partial charge in [0.05, 0.1) is 22.0 Å². The van der Waals surface area contributed by atoms with E-state index in [0.29, 0.717) is 18.8 Å². The first-order valence-electron chi connectivity index (χ1n) is 8.51. The molecule has 3 rings (SSSR count). The van der Waals surface area contributed by atoms with E-state index < -0.39 is 16.0 Å². The van der Waals surface area contributed by atoms with Gasteiger partial charge in [-0.15, -0.1) is 0 Å². The molecule has 6 nitrogen and oxygen atoms in total. The van der Waals surface area contributed by atoms with Crippen molar-refractivity contribution in [3.8, 4) is 5.75 Å². The lowest BCUT2D eigenvalue weighted by Crippen LogP contribution is -2.28. The number of esters is 1. The number of ether oxygens (including phenoxy) is 2. The lowest BCUT2D eigenvalue weighted by Gasteiger charge is -2.16. The summed E-state index contributed by atoms with van der Waals surface area (Å²) < 4.78 is 38.0. The van der Waals surface area contributed by atoms with Gasteiger partial charge in [0.15, 0.2) is 0 Å². The summed E-state index contributed by atoms with van der Waals surface area (Å²) in [5.74, 6) is 0.116. The predicted octanol–water partition coefficient (Wildman–Crippen LogP) is 3.60. The van der Waals surface area contributed by atoms with Gasteiger partial charge in [0.25, 0.3) is 0 Å². The Morgan fingerprint density at radius 2 is 1.89 bits per heavy atom. The number of sulfonamides is 1. The number of carbonyl (C=O) groups excluding carboxylic acids is 1. The van der Waals surface area contributed by atoms with Crippen LogP contribution in [0.1, 0.15) is 28.8 Å². The Hall–Kier alpha value is -1.90. The Labute approximate surface area is 167 Å². The summed E-state index contributed by atoms with van der Waals surface area (Å²) in [5, 5.41) is 0. The van der Waals surface area contributed by atoms with Crippen LogP contribution >= 0.6 is 15.9 Å². The third kappa shape index (κ3) is 4.51. The van der Waals surface area contributed by atoms with E-state index in [4.69, 9.17) is 9.47 Å². The van der Waals surface area contributed by atoms with Crippen LogP contribution in [0.2, 0.25) is 0 Å². The topological polar surface area (TPSA) is 72.9 Å². The number of halogens is 1. The highest BCUT2D eigenvalue weighted by Crippen LogP contribution is 2.26. The molecule has 0 aliphatic carbocycles. The third-order valence-corrected chi connectivity index (χ3v) is 6.87. The van der Waals surface area contributed by atoms with Crippen LogP contribution in [-0.2, 0) is 21.4 Å². The standard InChI is InChI=1S/C19H20BrNO5S/c1-25-18-8-7-14(11-17(18)20)13-26-19(22)15-5-4-6-16(12-15)27(23,24)21-9-2-3-10-21/h4-8,11-12H,2-3,9-10,13H2,1H3.